The second-order valence-corrected chi connectivity index (χ2v) is 6.02. The molecule has 0 fully saturated rings. The SMILES string of the molecule is COc1ccc(CNC(=O)CSC(=S)N(C)C)cc1OC. The van der Waals surface area contributed by atoms with Gasteiger partial charge in [-0.2, -0.15) is 0 Å². The van der Waals surface area contributed by atoms with E-state index >= 15 is 0 Å². The molecular formula is C14H20N2O3S2. The Balaban J connectivity index is 2.48. The summed E-state index contributed by atoms with van der Waals surface area (Å²) < 4.78 is 11.1. The predicted octanol–water partition coefficient (Wildman–Crippen LogP) is 1.90. The molecule has 0 unspecified atom stereocenters. The van der Waals surface area contributed by atoms with Crippen LogP contribution in [0.4, 0.5) is 0 Å². The lowest BCUT2D eigenvalue weighted by molar-refractivity contribution is -0.118. The number of carbonyl (C=O) groups is 1. The monoisotopic (exact) mass is 328 g/mol. The number of hydrogen-bond donors (Lipinski definition) is 1. The van der Waals surface area contributed by atoms with Crippen LogP contribution < -0.4 is 14.8 Å². The number of amides is 1. The van der Waals surface area contributed by atoms with E-state index in [1.165, 1.54) is 11.8 Å². The van der Waals surface area contributed by atoms with Gasteiger partial charge in [-0.1, -0.05) is 30.0 Å². The van der Waals surface area contributed by atoms with E-state index in [1.807, 2.05) is 37.2 Å². The van der Waals surface area contributed by atoms with Gasteiger partial charge in [0.05, 0.1) is 20.0 Å². The number of thiocarbonyl (C=S) groups is 1. The summed E-state index contributed by atoms with van der Waals surface area (Å²) in [5.74, 6) is 1.57. The number of benzene rings is 1. The summed E-state index contributed by atoms with van der Waals surface area (Å²) in [5, 5.41) is 2.85. The molecule has 1 rings (SSSR count). The Kier molecular flexibility index (Phi) is 7.31. The van der Waals surface area contributed by atoms with Crippen LogP contribution in [-0.4, -0.2) is 49.2 Å². The molecule has 1 N–H and O–H groups in total. The minimum atomic E-state index is -0.0565. The lowest BCUT2D eigenvalue weighted by atomic mass is 10.2. The molecule has 0 saturated carbocycles. The maximum atomic E-state index is 11.8. The molecule has 0 bridgehead atoms. The van der Waals surface area contributed by atoms with E-state index in [0.29, 0.717) is 28.1 Å². The molecule has 1 aromatic carbocycles. The highest BCUT2D eigenvalue weighted by atomic mass is 32.2. The zero-order chi connectivity index (χ0) is 15.8. The zero-order valence-electron chi connectivity index (χ0n) is 12.6. The summed E-state index contributed by atoms with van der Waals surface area (Å²) in [5.41, 5.74) is 0.946. The highest BCUT2D eigenvalue weighted by molar-refractivity contribution is 8.23. The standard InChI is InChI=1S/C14H20N2O3S2/c1-16(2)14(20)21-9-13(17)15-8-10-5-6-11(18-3)12(7-10)19-4/h5-7H,8-9H2,1-4H3,(H,15,17). The van der Waals surface area contributed by atoms with Gasteiger partial charge in [0.15, 0.2) is 11.5 Å². The molecule has 0 aromatic heterocycles. The van der Waals surface area contributed by atoms with Crippen LogP contribution in [0.25, 0.3) is 0 Å². The summed E-state index contributed by atoms with van der Waals surface area (Å²) in [4.78, 5) is 13.6. The molecular weight excluding hydrogens is 308 g/mol. The third-order valence-corrected chi connectivity index (χ3v) is 4.37. The molecule has 0 heterocycles. The van der Waals surface area contributed by atoms with E-state index in [1.54, 1.807) is 14.2 Å². The second kappa shape index (κ2) is 8.74. The predicted molar refractivity (Wildman–Crippen MR) is 90.1 cm³/mol. The molecule has 1 aromatic rings. The molecule has 116 valence electrons. The van der Waals surface area contributed by atoms with Gasteiger partial charge in [0.2, 0.25) is 5.91 Å². The van der Waals surface area contributed by atoms with Gasteiger partial charge in [-0.15, -0.1) is 0 Å². The normalized spacial score (nSPS) is 9.90. The van der Waals surface area contributed by atoms with Crippen molar-refractivity contribution in [2.75, 3.05) is 34.1 Å². The minimum Gasteiger partial charge on any atom is -0.493 e. The molecule has 5 nitrogen and oxygen atoms in total. The summed E-state index contributed by atoms with van der Waals surface area (Å²) in [6, 6.07) is 5.55. The van der Waals surface area contributed by atoms with Gasteiger partial charge in [-0.05, 0) is 17.7 Å². The van der Waals surface area contributed by atoms with Crippen LogP contribution in [-0.2, 0) is 11.3 Å². The number of carbonyl (C=O) groups excluding carboxylic acids is 1. The number of thioether (sulfide) groups is 1. The third kappa shape index (κ3) is 5.81. The van der Waals surface area contributed by atoms with E-state index in [-0.39, 0.29) is 5.91 Å². The summed E-state index contributed by atoms with van der Waals surface area (Å²) in [6.07, 6.45) is 0. The Morgan fingerprint density at radius 1 is 1.29 bits per heavy atom. The smallest absolute Gasteiger partial charge is 0.230 e. The van der Waals surface area contributed by atoms with Crippen LogP contribution >= 0.6 is 24.0 Å². The van der Waals surface area contributed by atoms with Gasteiger partial charge in [-0.3, -0.25) is 4.79 Å². The van der Waals surface area contributed by atoms with Crippen molar-refractivity contribution in [3.8, 4) is 11.5 Å². The summed E-state index contributed by atoms with van der Waals surface area (Å²) in [7, 11) is 6.89. The first-order valence-electron chi connectivity index (χ1n) is 6.29. The van der Waals surface area contributed by atoms with E-state index in [9.17, 15) is 4.79 Å². The van der Waals surface area contributed by atoms with Crippen molar-refractivity contribution in [2.24, 2.45) is 0 Å². The fourth-order valence-corrected chi connectivity index (χ4v) is 2.29. The van der Waals surface area contributed by atoms with Gasteiger partial charge < -0.3 is 19.7 Å². The van der Waals surface area contributed by atoms with Crippen molar-refractivity contribution in [3.05, 3.63) is 23.8 Å². The highest BCUT2D eigenvalue weighted by Gasteiger charge is 2.08. The first-order chi connectivity index (χ1) is 9.97. The van der Waals surface area contributed by atoms with Crippen LogP contribution in [0.5, 0.6) is 11.5 Å². The topological polar surface area (TPSA) is 50.8 Å². The van der Waals surface area contributed by atoms with Gasteiger partial charge >= 0.3 is 0 Å². The van der Waals surface area contributed by atoms with Gasteiger partial charge in [0.25, 0.3) is 0 Å². The van der Waals surface area contributed by atoms with E-state index < -0.39 is 0 Å². The molecule has 0 atom stereocenters. The summed E-state index contributed by atoms with van der Waals surface area (Å²) >= 11 is 6.46. The molecule has 0 spiro atoms. The molecule has 0 aliphatic rings. The fourth-order valence-electron chi connectivity index (χ4n) is 1.50. The van der Waals surface area contributed by atoms with Crippen molar-refractivity contribution < 1.29 is 14.3 Å². The van der Waals surface area contributed by atoms with Crippen molar-refractivity contribution in [3.63, 3.8) is 0 Å². The zero-order valence-corrected chi connectivity index (χ0v) is 14.3. The number of ether oxygens (including phenoxy) is 2. The van der Waals surface area contributed by atoms with Crippen molar-refractivity contribution >= 4 is 34.2 Å². The van der Waals surface area contributed by atoms with E-state index in [4.69, 9.17) is 21.7 Å². The van der Waals surface area contributed by atoms with Gasteiger partial charge in [0.1, 0.15) is 4.32 Å². The first kappa shape index (κ1) is 17.6. The number of methoxy groups -OCH3 is 2. The molecule has 0 aliphatic carbocycles. The molecule has 0 aliphatic heterocycles. The van der Waals surface area contributed by atoms with Crippen molar-refractivity contribution in [1.29, 1.82) is 0 Å². The Labute approximate surface area is 135 Å². The average Bonchev–Trinajstić information content (AvgIpc) is 2.49. The number of nitrogens with zero attached hydrogens (tertiary/aromatic N) is 1. The van der Waals surface area contributed by atoms with E-state index in [2.05, 4.69) is 5.32 Å². The maximum Gasteiger partial charge on any atom is 0.230 e. The number of hydrogen-bond acceptors (Lipinski definition) is 5. The lowest BCUT2D eigenvalue weighted by Crippen LogP contribution is -2.26. The molecule has 1 amide bonds. The summed E-state index contributed by atoms with van der Waals surface area (Å²) in [6.45, 7) is 0.439. The Hall–Kier alpha value is -1.47. The van der Waals surface area contributed by atoms with Crippen molar-refractivity contribution in [2.45, 2.75) is 6.54 Å². The molecule has 0 saturated heterocycles. The number of nitrogens with one attached hydrogen (secondary N) is 1. The molecule has 21 heavy (non-hydrogen) atoms. The quantitative estimate of drug-likeness (QED) is 0.805. The average molecular weight is 328 g/mol. The van der Waals surface area contributed by atoms with Crippen LogP contribution in [0.2, 0.25) is 0 Å². The second-order valence-electron chi connectivity index (χ2n) is 4.42. The minimum absolute atomic E-state index is 0.0565. The highest BCUT2D eigenvalue weighted by Crippen LogP contribution is 2.27. The fraction of sp³-hybridized carbons (Fsp3) is 0.429. The van der Waals surface area contributed by atoms with Crippen molar-refractivity contribution in [1.82, 2.24) is 10.2 Å². The maximum absolute atomic E-state index is 11.8. The van der Waals surface area contributed by atoms with Crippen LogP contribution in [0.15, 0.2) is 18.2 Å². The third-order valence-electron chi connectivity index (χ3n) is 2.63. The van der Waals surface area contributed by atoms with Gasteiger partial charge in [-0.25, -0.2) is 0 Å². The Morgan fingerprint density at radius 3 is 2.52 bits per heavy atom. The molecule has 0 radical (unpaired) electrons. The lowest BCUT2D eigenvalue weighted by Gasteiger charge is -2.13. The van der Waals surface area contributed by atoms with Crippen LogP contribution in [0, 0.1) is 0 Å². The Morgan fingerprint density at radius 2 is 1.95 bits per heavy atom. The van der Waals surface area contributed by atoms with Gasteiger partial charge in [0, 0.05) is 20.6 Å². The first-order valence-corrected chi connectivity index (χ1v) is 7.69. The van der Waals surface area contributed by atoms with E-state index in [0.717, 1.165) is 5.56 Å². The number of rotatable bonds is 6. The largest absolute Gasteiger partial charge is 0.493 e. The Bertz CT molecular complexity index is 507. The van der Waals surface area contributed by atoms with Crippen LogP contribution in [0.3, 0.4) is 0 Å². The molecule has 7 heteroatoms. The van der Waals surface area contributed by atoms with Crippen LogP contribution in [0.1, 0.15) is 5.56 Å².